The maximum Gasteiger partial charge on any atom is 0.326 e. The number of hydrogen-bond donors (Lipinski definition) is 2. The quantitative estimate of drug-likeness (QED) is 0.686. The summed E-state index contributed by atoms with van der Waals surface area (Å²) < 4.78 is 0. The summed E-state index contributed by atoms with van der Waals surface area (Å²) in [5.74, 6) is -1.15. The van der Waals surface area contributed by atoms with Crippen LogP contribution in [0.25, 0.3) is 0 Å². The molecule has 0 radical (unpaired) electrons. The zero-order valence-electron chi connectivity index (χ0n) is 10.7. The Bertz CT molecular complexity index is 243. The van der Waals surface area contributed by atoms with E-state index in [2.05, 4.69) is 12.2 Å². The third-order valence-corrected chi connectivity index (χ3v) is 2.43. The van der Waals surface area contributed by atoms with Gasteiger partial charge in [0, 0.05) is 6.42 Å². The van der Waals surface area contributed by atoms with E-state index >= 15 is 0 Å². The monoisotopic (exact) mass is 229 g/mol. The van der Waals surface area contributed by atoms with Gasteiger partial charge in [-0.15, -0.1) is 0 Å². The number of nitrogens with one attached hydrogen (secondary N) is 1. The summed E-state index contributed by atoms with van der Waals surface area (Å²) in [6.07, 6.45) is 3.28. The van der Waals surface area contributed by atoms with E-state index in [4.69, 9.17) is 5.11 Å². The molecule has 0 aromatic carbocycles. The number of aliphatic carboxylic acids is 1. The molecule has 0 bridgehead atoms. The van der Waals surface area contributed by atoms with Crippen LogP contribution in [-0.4, -0.2) is 23.0 Å². The first kappa shape index (κ1) is 14.9. The molecule has 4 heteroatoms. The van der Waals surface area contributed by atoms with Crippen LogP contribution in [0.1, 0.15) is 53.4 Å². The Balaban J connectivity index is 4.21. The van der Waals surface area contributed by atoms with Gasteiger partial charge < -0.3 is 10.4 Å². The van der Waals surface area contributed by atoms with Crippen LogP contribution in [0, 0.1) is 5.41 Å². The van der Waals surface area contributed by atoms with Gasteiger partial charge >= 0.3 is 5.97 Å². The number of carbonyl (C=O) groups is 2. The van der Waals surface area contributed by atoms with Gasteiger partial charge in [-0.05, 0) is 11.8 Å². The average molecular weight is 229 g/mol. The van der Waals surface area contributed by atoms with E-state index in [1.807, 2.05) is 0 Å². The van der Waals surface area contributed by atoms with Crippen LogP contribution in [0.4, 0.5) is 0 Å². The lowest BCUT2D eigenvalue weighted by Gasteiger charge is -2.27. The molecule has 0 aliphatic carbocycles. The molecule has 0 saturated carbocycles. The minimum absolute atomic E-state index is 0.171. The SMILES string of the molecule is CCCCCC(=O)N[C@H](C(=O)O)C(C)(C)C. The number of carbonyl (C=O) groups excluding carboxylic acids is 1. The second kappa shape index (κ2) is 6.51. The highest BCUT2D eigenvalue weighted by molar-refractivity contribution is 5.84. The predicted molar refractivity (Wildman–Crippen MR) is 63.2 cm³/mol. The topological polar surface area (TPSA) is 66.4 Å². The first-order valence-corrected chi connectivity index (χ1v) is 5.81. The van der Waals surface area contributed by atoms with E-state index in [9.17, 15) is 9.59 Å². The minimum atomic E-state index is -0.976. The van der Waals surface area contributed by atoms with Crippen molar-refractivity contribution < 1.29 is 14.7 Å². The first-order valence-electron chi connectivity index (χ1n) is 5.81. The number of amides is 1. The van der Waals surface area contributed by atoms with Crippen molar-refractivity contribution in [2.24, 2.45) is 5.41 Å². The van der Waals surface area contributed by atoms with Gasteiger partial charge in [0.1, 0.15) is 6.04 Å². The second-order valence-corrected chi connectivity index (χ2v) is 5.16. The van der Waals surface area contributed by atoms with Gasteiger partial charge in [-0.25, -0.2) is 4.79 Å². The highest BCUT2D eigenvalue weighted by Gasteiger charge is 2.32. The summed E-state index contributed by atoms with van der Waals surface area (Å²) in [6, 6.07) is -0.818. The largest absolute Gasteiger partial charge is 0.480 e. The van der Waals surface area contributed by atoms with Crippen molar-refractivity contribution in [1.82, 2.24) is 5.32 Å². The summed E-state index contributed by atoms with van der Waals surface area (Å²) in [4.78, 5) is 22.5. The average Bonchev–Trinajstić information content (AvgIpc) is 2.12. The number of hydrogen-bond acceptors (Lipinski definition) is 2. The molecular weight excluding hydrogens is 206 g/mol. The van der Waals surface area contributed by atoms with Crippen LogP contribution < -0.4 is 5.32 Å². The molecule has 0 rings (SSSR count). The Morgan fingerprint density at radius 1 is 1.25 bits per heavy atom. The molecule has 1 atom stereocenters. The predicted octanol–water partition coefficient (Wildman–Crippen LogP) is 2.18. The second-order valence-electron chi connectivity index (χ2n) is 5.16. The molecule has 16 heavy (non-hydrogen) atoms. The molecule has 0 unspecified atom stereocenters. The number of carboxylic acids is 1. The van der Waals surface area contributed by atoms with Gasteiger partial charge in [-0.1, -0.05) is 40.5 Å². The van der Waals surface area contributed by atoms with Gasteiger partial charge in [0.25, 0.3) is 0 Å². The fourth-order valence-corrected chi connectivity index (χ4v) is 1.42. The fourth-order valence-electron chi connectivity index (χ4n) is 1.42. The van der Waals surface area contributed by atoms with Crippen molar-refractivity contribution in [2.75, 3.05) is 0 Å². The van der Waals surface area contributed by atoms with Crippen molar-refractivity contribution in [3.8, 4) is 0 Å². The van der Waals surface area contributed by atoms with Crippen molar-refractivity contribution in [2.45, 2.75) is 59.4 Å². The molecule has 4 nitrogen and oxygen atoms in total. The summed E-state index contributed by atoms with van der Waals surface area (Å²) in [6.45, 7) is 7.47. The zero-order chi connectivity index (χ0) is 12.8. The third kappa shape index (κ3) is 5.73. The molecule has 1 amide bonds. The lowest BCUT2D eigenvalue weighted by atomic mass is 9.86. The molecule has 2 N–H and O–H groups in total. The molecule has 0 aliphatic rings. The van der Waals surface area contributed by atoms with Crippen LogP contribution in [0.15, 0.2) is 0 Å². The van der Waals surface area contributed by atoms with Crippen LogP contribution >= 0.6 is 0 Å². The van der Waals surface area contributed by atoms with Crippen LogP contribution in [0.2, 0.25) is 0 Å². The highest BCUT2D eigenvalue weighted by atomic mass is 16.4. The standard InChI is InChI=1S/C12H23NO3/c1-5-6-7-8-9(14)13-10(11(15)16)12(2,3)4/h10H,5-8H2,1-4H3,(H,13,14)(H,15,16)/t10-/m1/s1. The lowest BCUT2D eigenvalue weighted by Crippen LogP contribution is -2.49. The fraction of sp³-hybridized carbons (Fsp3) is 0.833. The summed E-state index contributed by atoms with van der Waals surface area (Å²) >= 11 is 0. The van der Waals surface area contributed by atoms with E-state index in [1.54, 1.807) is 20.8 Å². The Labute approximate surface area is 97.4 Å². The maximum absolute atomic E-state index is 11.5. The molecule has 0 heterocycles. The molecule has 0 fully saturated rings. The first-order chi connectivity index (χ1) is 7.29. The molecule has 0 aromatic heterocycles. The van der Waals surface area contributed by atoms with E-state index in [0.717, 1.165) is 19.3 Å². The lowest BCUT2D eigenvalue weighted by molar-refractivity contribution is -0.144. The Morgan fingerprint density at radius 3 is 2.19 bits per heavy atom. The van der Waals surface area contributed by atoms with Crippen LogP contribution in [-0.2, 0) is 9.59 Å². The van der Waals surface area contributed by atoms with Crippen molar-refractivity contribution >= 4 is 11.9 Å². The van der Waals surface area contributed by atoms with Gasteiger partial charge in [0.15, 0.2) is 0 Å². The van der Waals surface area contributed by atoms with E-state index in [1.165, 1.54) is 0 Å². The number of unbranched alkanes of at least 4 members (excludes halogenated alkanes) is 2. The molecule has 0 aliphatic heterocycles. The summed E-state index contributed by atoms with van der Waals surface area (Å²) in [5, 5.41) is 11.6. The summed E-state index contributed by atoms with van der Waals surface area (Å²) in [5.41, 5.74) is -0.466. The zero-order valence-corrected chi connectivity index (χ0v) is 10.7. The van der Waals surface area contributed by atoms with Crippen molar-refractivity contribution in [3.05, 3.63) is 0 Å². The summed E-state index contributed by atoms with van der Waals surface area (Å²) in [7, 11) is 0. The van der Waals surface area contributed by atoms with E-state index in [-0.39, 0.29) is 5.91 Å². The molecule has 0 spiro atoms. The molecular formula is C12H23NO3. The Kier molecular flexibility index (Phi) is 6.08. The highest BCUT2D eigenvalue weighted by Crippen LogP contribution is 2.19. The normalized spacial score (nSPS) is 13.2. The number of carboxylic acid groups (broad SMARTS) is 1. The Hall–Kier alpha value is -1.06. The van der Waals surface area contributed by atoms with Gasteiger partial charge in [-0.2, -0.15) is 0 Å². The maximum atomic E-state index is 11.5. The van der Waals surface area contributed by atoms with Gasteiger partial charge in [-0.3, -0.25) is 4.79 Å². The van der Waals surface area contributed by atoms with E-state index in [0.29, 0.717) is 6.42 Å². The van der Waals surface area contributed by atoms with Crippen LogP contribution in [0.5, 0.6) is 0 Å². The minimum Gasteiger partial charge on any atom is -0.480 e. The molecule has 0 saturated heterocycles. The third-order valence-electron chi connectivity index (χ3n) is 2.43. The Morgan fingerprint density at radius 2 is 1.81 bits per heavy atom. The molecule has 0 aromatic rings. The van der Waals surface area contributed by atoms with Crippen molar-refractivity contribution in [1.29, 1.82) is 0 Å². The number of rotatable bonds is 6. The van der Waals surface area contributed by atoms with E-state index < -0.39 is 17.4 Å². The molecule has 94 valence electrons. The van der Waals surface area contributed by atoms with Crippen LogP contribution in [0.3, 0.4) is 0 Å². The van der Waals surface area contributed by atoms with Gasteiger partial charge in [0.05, 0.1) is 0 Å². The van der Waals surface area contributed by atoms with Crippen molar-refractivity contribution in [3.63, 3.8) is 0 Å². The van der Waals surface area contributed by atoms with Gasteiger partial charge in [0.2, 0.25) is 5.91 Å². The smallest absolute Gasteiger partial charge is 0.326 e.